The highest BCUT2D eigenvalue weighted by atomic mass is 35.5. The van der Waals surface area contributed by atoms with Crippen molar-refractivity contribution < 1.29 is 26.7 Å². The van der Waals surface area contributed by atoms with Crippen LogP contribution in [0.4, 0.5) is 22.0 Å². The highest BCUT2D eigenvalue weighted by Gasteiger charge is 2.48. The molecule has 0 radical (unpaired) electrons. The number of halogens is 6. The fraction of sp³-hybridized carbons (Fsp3) is 0.300. The predicted molar refractivity (Wildman–Crippen MR) is 54.2 cm³/mol. The van der Waals surface area contributed by atoms with Gasteiger partial charge in [0.25, 0.3) is 5.91 Å². The first kappa shape index (κ1) is 14.7. The Morgan fingerprint density at radius 1 is 1.39 bits per heavy atom. The van der Waals surface area contributed by atoms with Crippen LogP contribution in [-0.2, 0) is 11.3 Å². The number of benzene rings is 1. The van der Waals surface area contributed by atoms with Crippen molar-refractivity contribution in [2.45, 2.75) is 18.9 Å². The Morgan fingerprint density at radius 3 is 2.50 bits per heavy atom. The van der Waals surface area contributed by atoms with Gasteiger partial charge in [-0.15, -0.1) is 0 Å². The first-order valence-corrected chi connectivity index (χ1v) is 5.01. The third-order valence-corrected chi connectivity index (χ3v) is 2.30. The largest absolute Gasteiger partial charge is 0.383 e. The van der Waals surface area contributed by atoms with Crippen LogP contribution in [0.1, 0.15) is 5.56 Å². The van der Waals surface area contributed by atoms with Gasteiger partial charge in [-0.3, -0.25) is 4.79 Å². The molecule has 0 heterocycles. The lowest BCUT2D eigenvalue weighted by atomic mass is 10.2. The number of nitrogens with one attached hydrogen (secondary N) is 1. The van der Waals surface area contributed by atoms with E-state index in [0.29, 0.717) is 0 Å². The van der Waals surface area contributed by atoms with Gasteiger partial charge in [0.2, 0.25) is 0 Å². The Labute approximate surface area is 104 Å². The number of hydrogen-bond donors (Lipinski definition) is 1. The lowest BCUT2D eigenvalue weighted by Crippen LogP contribution is -2.44. The Kier molecular flexibility index (Phi) is 4.50. The van der Waals surface area contributed by atoms with Crippen molar-refractivity contribution in [3.05, 3.63) is 34.6 Å². The Balaban J connectivity index is 2.66. The molecule has 0 bridgehead atoms. The van der Waals surface area contributed by atoms with Crippen molar-refractivity contribution >= 4 is 17.5 Å². The van der Waals surface area contributed by atoms with E-state index in [0.717, 1.165) is 12.1 Å². The fourth-order valence-electron chi connectivity index (χ4n) is 1.05. The Bertz CT molecular complexity index is 452. The molecule has 0 aliphatic carbocycles. The number of carbonyl (C=O) groups is 1. The first-order chi connectivity index (χ1) is 8.25. The minimum absolute atomic E-state index is 0.208. The topological polar surface area (TPSA) is 29.1 Å². The molecular formula is C10H7ClF5NO. The molecule has 0 aliphatic heterocycles. The van der Waals surface area contributed by atoms with E-state index in [4.69, 9.17) is 11.6 Å². The molecule has 0 aromatic heterocycles. The zero-order chi connectivity index (χ0) is 13.9. The van der Waals surface area contributed by atoms with Crippen LogP contribution in [0, 0.1) is 5.82 Å². The molecule has 1 rings (SSSR count). The van der Waals surface area contributed by atoms with Crippen molar-refractivity contribution in [3.8, 4) is 0 Å². The lowest BCUT2D eigenvalue weighted by molar-refractivity contribution is -0.169. The van der Waals surface area contributed by atoms with Crippen LogP contribution in [0.3, 0.4) is 0 Å². The van der Waals surface area contributed by atoms with Crippen LogP contribution in [-0.4, -0.2) is 18.3 Å². The molecule has 0 atom stereocenters. The average Bonchev–Trinajstić information content (AvgIpc) is 2.30. The second-order valence-corrected chi connectivity index (χ2v) is 3.76. The maximum absolute atomic E-state index is 12.8. The molecular weight excluding hydrogens is 281 g/mol. The molecule has 0 saturated heterocycles. The summed E-state index contributed by atoms with van der Waals surface area (Å²) in [5.41, 5.74) is 0.208. The molecule has 0 saturated carbocycles. The van der Waals surface area contributed by atoms with Crippen molar-refractivity contribution in [2.75, 3.05) is 0 Å². The van der Waals surface area contributed by atoms with Crippen LogP contribution >= 0.6 is 11.6 Å². The van der Waals surface area contributed by atoms with Crippen molar-refractivity contribution in [3.63, 3.8) is 0 Å². The molecule has 1 amide bonds. The Hall–Kier alpha value is -1.37. The quantitative estimate of drug-likeness (QED) is 0.848. The summed E-state index contributed by atoms with van der Waals surface area (Å²) in [6, 6.07) is 3.24. The standard InChI is InChI=1S/C10H7ClF5NO/c11-6-3-5(1-2-7(6)12)4-17-9(18)10(15,16)8(13)14/h1-3,8H,4H2,(H,17,18). The van der Waals surface area contributed by atoms with Gasteiger partial charge in [-0.1, -0.05) is 17.7 Å². The minimum Gasteiger partial charge on any atom is -0.347 e. The zero-order valence-corrected chi connectivity index (χ0v) is 9.45. The van der Waals surface area contributed by atoms with Crippen LogP contribution in [0.15, 0.2) is 18.2 Å². The molecule has 1 aromatic carbocycles. The second kappa shape index (κ2) is 5.51. The lowest BCUT2D eigenvalue weighted by Gasteiger charge is -2.14. The van der Waals surface area contributed by atoms with Gasteiger partial charge in [0, 0.05) is 6.54 Å². The number of carbonyl (C=O) groups excluding carboxylic acids is 1. The summed E-state index contributed by atoms with van der Waals surface area (Å²) < 4.78 is 61.5. The molecule has 2 nitrogen and oxygen atoms in total. The zero-order valence-electron chi connectivity index (χ0n) is 8.69. The molecule has 8 heteroatoms. The highest BCUT2D eigenvalue weighted by Crippen LogP contribution is 2.23. The van der Waals surface area contributed by atoms with E-state index in [2.05, 4.69) is 0 Å². The molecule has 0 aliphatic rings. The van der Waals surface area contributed by atoms with Crippen molar-refractivity contribution in [2.24, 2.45) is 0 Å². The molecule has 1 aromatic rings. The molecule has 0 fully saturated rings. The summed E-state index contributed by atoms with van der Waals surface area (Å²) >= 11 is 5.41. The van der Waals surface area contributed by atoms with Gasteiger partial charge in [0.15, 0.2) is 0 Å². The summed E-state index contributed by atoms with van der Waals surface area (Å²) in [6.07, 6.45) is -4.09. The normalized spacial score (nSPS) is 11.7. The van der Waals surface area contributed by atoms with Crippen LogP contribution in [0.25, 0.3) is 0 Å². The average molecular weight is 288 g/mol. The smallest absolute Gasteiger partial charge is 0.347 e. The molecule has 0 spiro atoms. The van der Waals surface area contributed by atoms with Gasteiger partial charge in [-0.2, -0.15) is 8.78 Å². The number of alkyl halides is 4. The number of hydrogen-bond acceptors (Lipinski definition) is 1. The third-order valence-electron chi connectivity index (χ3n) is 2.01. The summed E-state index contributed by atoms with van der Waals surface area (Å²) in [5, 5.41) is 1.36. The second-order valence-electron chi connectivity index (χ2n) is 3.35. The number of rotatable bonds is 4. The third kappa shape index (κ3) is 3.32. The van der Waals surface area contributed by atoms with Crippen molar-refractivity contribution in [1.82, 2.24) is 5.32 Å². The molecule has 18 heavy (non-hydrogen) atoms. The predicted octanol–water partition coefficient (Wildman–Crippen LogP) is 3.00. The van der Waals surface area contributed by atoms with Gasteiger partial charge in [0.05, 0.1) is 5.02 Å². The van der Waals surface area contributed by atoms with Gasteiger partial charge in [0.1, 0.15) is 5.82 Å². The maximum atomic E-state index is 12.8. The summed E-state index contributed by atoms with van der Waals surface area (Å²) in [4.78, 5) is 10.8. The molecule has 100 valence electrons. The Morgan fingerprint density at radius 2 is 2.00 bits per heavy atom. The van der Waals surface area contributed by atoms with E-state index in [1.54, 1.807) is 5.32 Å². The summed E-state index contributed by atoms with van der Waals surface area (Å²) in [7, 11) is 0. The fourth-order valence-corrected chi connectivity index (χ4v) is 1.25. The van der Waals surface area contributed by atoms with E-state index < -0.39 is 30.6 Å². The molecule has 1 N–H and O–H groups in total. The van der Waals surface area contributed by atoms with Crippen LogP contribution in [0.5, 0.6) is 0 Å². The van der Waals surface area contributed by atoms with Crippen LogP contribution in [0.2, 0.25) is 5.02 Å². The number of amides is 1. The SMILES string of the molecule is O=C(NCc1ccc(F)c(Cl)c1)C(F)(F)C(F)F. The van der Waals surface area contributed by atoms with Crippen molar-refractivity contribution in [1.29, 1.82) is 0 Å². The monoisotopic (exact) mass is 287 g/mol. The highest BCUT2D eigenvalue weighted by molar-refractivity contribution is 6.30. The van der Waals surface area contributed by atoms with E-state index in [1.807, 2.05) is 0 Å². The maximum Gasteiger partial charge on any atom is 0.383 e. The van der Waals surface area contributed by atoms with Gasteiger partial charge < -0.3 is 5.32 Å². The summed E-state index contributed by atoms with van der Waals surface area (Å²) in [6.45, 7) is -0.457. The van der Waals surface area contributed by atoms with Gasteiger partial charge >= 0.3 is 12.3 Å². The van der Waals surface area contributed by atoms with E-state index in [9.17, 15) is 26.7 Å². The van der Waals surface area contributed by atoms with Gasteiger partial charge in [-0.25, -0.2) is 13.2 Å². The molecule has 0 unspecified atom stereocenters. The first-order valence-electron chi connectivity index (χ1n) is 4.63. The summed E-state index contributed by atoms with van der Waals surface area (Å²) in [5.74, 6) is -7.58. The van der Waals surface area contributed by atoms with E-state index in [-0.39, 0.29) is 10.6 Å². The van der Waals surface area contributed by atoms with E-state index in [1.165, 1.54) is 6.07 Å². The van der Waals surface area contributed by atoms with Gasteiger partial charge in [-0.05, 0) is 17.7 Å². The minimum atomic E-state index is -4.76. The van der Waals surface area contributed by atoms with E-state index >= 15 is 0 Å². The van der Waals surface area contributed by atoms with Crippen LogP contribution < -0.4 is 5.32 Å².